The highest BCUT2D eigenvalue weighted by Gasteiger charge is 2.45. The van der Waals surface area contributed by atoms with Crippen LogP contribution in [-0.2, 0) is 4.74 Å². The van der Waals surface area contributed by atoms with Crippen molar-refractivity contribution in [1.29, 1.82) is 0 Å². The number of likely N-dealkylation sites (tertiary alicyclic amines) is 1. The van der Waals surface area contributed by atoms with E-state index in [1.165, 1.54) is 0 Å². The summed E-state index contributed by atoms with van der Waals surface area (Å²) < 4.78 is 6.12. The molecule has 140 valence electrons. The molecule has 1 aliphatic rings. The van der Waals surface area contributed by atoms with Gasteiger partial charge in [-0.2, -0.15) is 0 Å². The number of hydrogen-bond donors (Lipinski definition) is 2. The summed E-state index contributed by atoms with van der Waals surface area (Å²) in [5.74, 6) is 0.0508. The first-order chi connectivity index (χ1) is 11.8. The van der Waals surface area contributed by atoms with E-state index < -0.39 is 6.09 Å². The van der Waals surface area contributed by atoms with Crippen LogP contribution in [0.5, 0.6) is 0 Å². The fraction of sp³-hybridized carbons (Fsp3) is 0.632. The molecule has 1 heterocycles. The predicted molar refractivity (Wildman–Crippen MR) is 99.9 cm³/mol. The number of nitrogens with zero attached hydrogens (tertiary/aromatic N) is 1. The van der Waals surface area contributed by atoms with E-state index in [4.69, 9.17) is 22.1 Å². The van der Waals surface area contributed by atoms with Crippen molar-refractivity contribution in [2.75, 3.05) is 19.7 Å². The second kappa shape index (κ2) is 8.39. The third-order valence-corrected chi connectivity index (χ3v) is 5.03. The average molecular weight is 369 g/mol. The Bertz CT molecular complexity index is 588. The van der Waals surface area contributed by atoms with Crippen LogP contribution in [0.1, 0.15) is 45.3 Å². The Labute approximate surface area is 155 Å². The first-order valence-electron chi connectivity index (χ1n) is 8.82. The van der Waals surface area contributed by atoms with Gasteiger partial charge in [-0.05, 0) is 36.0 Å². The van der Waals surface area contributed by atoms with E-state index in [0.717, 1.165) is 18.4 Å². The van der Waals surface area contributed by atoms with Crippen molar-refractivity contribution in [3.05, 3.63) is 34.9 Å². The van der Waals surface area contributed by atoms with Gasteiger partial charge in [0.1, 0.15) is 0 Å². The quantitative estimate of drug-likeness (QED) is 0.818. The minimum atomic E-state index is -0.867. The number of halogens is 1. The number of nitrogens with two attached hydrogens (primary N) is 1. The molecule has 1 fully saturated rings. The third kappa shape index (κ3) is 4.87. The Morgan fingerprint density at radius 2 is 2.20 bits per heavy atom. The van der Waals surface area contributed by atoms with Crippen LogP contribution in [0.2, 0.25) is 5.02 Å². The summed E-state index contributed by atoms with van der Waals surface area (Å²) >= 11 is 6.18. The topological polar surface area (TPSA) is 75.8 Å². The fourth-order valence-electron chi connectivity index (χ4n) is 4.01. The van der Waals surface area contributed by atoms with E-state index in [0.29, 0.717) is 24.7 Å². The van der Waals surface area contributed by atoms with Gasteiger partial charge in [0.25, 0.3) is 0 Å². The molecule has 1 aromatic carbocycles. The number of amides is 1. The number of carboxylic acid groups (broad SMARTS) is 1. The molecule has 1 aliphatic heterocycles. The van der Waals surface area contributed by atoms with E-state index in [2.05, 4.69) is 20.8 Å². The van der Waals surface area contributed by atoms with Gasteiger partial charge in [-0.25, -0.2) is 4.79 Å². The summed E-state index contributed by atoms with van der Waals surface area (Å²) in [4.78, 5) is 13.4. The zero-order valence-corrected chi connectivity index (χ0v) is 16.0. The number of hydrogen-bond acceptors (Lipinski definition) is 3. The van der Waals surface area contributed by atoms with E-state index in [1.54, 1.807) is 4.90 Å². The first-order valence-corrected chi connectivity index (χ1v) is 9.20. The van der Waals surface area contributed by atoms with Crippen LogP contribution < -0.4 is 5.73 Å². The van der Waals surface area contributed by atoms with E-state index >= 15 is 0 Å². The monoisotopic (exact) mass is 368 g/mol. The molecule has 3 atom stereocenters. The number of piperidine rings is 1. The second-order valence-electron chi connectivity index (χ2n) is 7.73. The summed E-state index contributed by atoms with van der Waals surface area (Å²) in [7, 11) is 0. The number of carbonyl (C=O) groups is 1. The van der Waals surface area contributed by atoms with Crippen molar-refractivity contribution in [3.8, 4) is 0 Å². The lowest BCUT2D eigenvalue weighted by Crippen LogP contribution is -2.55. The van der Waals surface area contributed by atoms with Crippen LogP contribution in [0.15, 0.2) is 24.3 Å². The molecule has 0 aliphatic carbocycles. The molecule has 0 saturated carbocycles. The molecular formula is C19H29ClN2O3. The zero-order chi connectivity index (χ0) is 18.6. The molecule has 0 radical (unpaired) electrons. The molecule has 1 saturated heterocycles. The normalized spacial score (nSPS) is 22.7. The van der Waals surface area contributed by atoms with Gasteiger partial charge in [-0.1, -0.05) is 44.5 Å². The van der Waals surface area contributed by atoms with Crippen molar-refractivity contribution < 1.29 is 14.6 Å². The molecule has 1 aromatic rings. The Morgan fingerprint density at radius 1 is 1.48 bits per heavy atom. The summed E-state index contributed by atoms with van der Waals surface area (Å²) in [6.45, 7) is 7.68. The fourth-order valence-corrected chi connectivity index (χ4v) is 4.21. The van der Waals surface area contributed by atoms with Crippen LogP contribution in [0.4, 0.5) is 4.79 Å². The second-order valence-corrected chi connectivity index (χ2v) is 8.16. The summed E-state index contributed by atoms with van der Waals surface area (Å²) in [5, 5.41) is 10.4. The van der Waals surface area contributed by atoms with E-state index in [1.807, 2.05) is 24.3 Å². The molecule has 25 heavy (non-hydrogen) atoms. The van der Waals surface area contributed by atoms with Crippen molar-refractivity contribution in [3.63, 3.8) is 0 Å². The summed E-state index contributed by atoms with van der Waals surface area (Å²) in [6, 6.07) is 7.49. The number of ether oxygens (including phenoxy) is 1. The van der Waals surface area contributed by atoms with Gasteiger partial charge in [0.15, 0.2) is 0 Å². The molecule has 0 aromatic heterocycles. The van der Waals surface area contributed by atoms with Crippen molar-refractivity contribution in [2.24, 2.45) is 17.1 Å². The molecular weight excluding hydrogens is 340 g/mol. The lowest BCUT2D eigenvalue weighted by Gasteiger charge is -2.49. The third-order valence-electron chi connectivity index (χ3n) is 4.79. The van der Waals surface area contributed by atoms with Crippen LogP contribution >= 0.6 is 11.6 Å². The Morgan fingerprint density at radius 3 is 2.76 bits per heavy atom. The van der Waals surface area contributed by atoms with Gasteiger partial charge in [0.2, 0.25) is 0 Å². The van der Waals surface area contributed by atoms with Gasteiger partial charge in [-0.3, -0.25) is 0 Å². The lowest BCUT2D eigenvalue weighted by molar-refractivity contribution is -0.0635. The minimum absolute atomic E-state index is 0.0508. The maximum atomic E-state index is 11.8. The molecule has 6 heteroatoms. The van der Waals surface area contributed by atoms with Crippen molar-refractivity contribution >= 4 is 17.7 Å². The van der Waals surface area contributed by atoms with Crippen LogP contribution in [0.25, 0.3) is 0 Å². The number of benzene rings is 1. The first kappa shape index (κ1) is 20.0. The van der Waals surface area contributed by atoms with Gasteiger partial charge >= 0.3 is 6.09 Å². The van der Waals surface area contributed by atoms with Gasteiger partial charge in [0, 0.05) is 30.1 Å². The molecule has 2 rings (SSSR count). The Balaban J connectivity index is 2.43. The maximum absolute atomic E-state index is 11.8. The van der Waals surface area contributed by atoms with Crippen LogP contribution in [0.3, 0.4) is 0 Å². The number of rotatable bonds is 5. The van der Waals surface area contributed by atoms with Crippen LogP contribution in [0, 0.1) is 11.3 Å². The highest BCUT2D eigenvalue weighted by atomic mass is 35.5. The van der Waals surface area contributed by atoms with Gasteiger partial charge in [-0.15, -0.1) is 0 Å². The Kier molecular flexibility index (Phi) is 6.72. The smallest absolute Gasteiger partial charge is 0.407 e. The zero-order valence-electron chi connectivity index (χ0n) is 15.2. The predicted octanol–water partition coefficient (Wildman–Crippen LogP) is 4.16. The summed E-state index contributed by atoms with van der Waals surface area (Å²) in [5.41, 5.74) is 6.43. The van der Waals surface area contributed by atoms with E-state index in [9.17, 15) is 9.90 Å². The average Bonchev–Trinajstić information content (AvgIpc) is 2.54. The van der Waals surface area contributed by atoms with Crippen molar-refractivity contribution in [1.82, 2.24) is 4.90 Å². The standard InChI is InChI=1S/C19H29ClN2O3/c1-19(2,3)17-15(8-5-10-22(17)18(23)24)16(25-11-9-21)13-6-4-7-14(20)12-13/h4,6-7,12,15-17H,5,8-11,21H2,1-3H3,(H,23,24)/t15?,16-,17+/m0/s1. The molecule has 5 nitrogen and oxygen atoms in total. The maximum Gasteiger partial charge on any atom is 0.407 e. The minimum Gasteiger partial charge on any atom is -0.465 e. The van der Waals surface area contributed by atoms with Crippen LogP contribution in [-0.4, -0.2) is 41.8 Å². The highest BCUT2D eigenvalue weighted by Crippen LogP contribution is 2.44. The Hall–Kier alpha value is -1.30. The van der Waals surface area contributed by atoms with Gasteiger partial charge in [0.05, 0.1) is 12.7 Å². The molecule has 0 bridgehead atoms. The molecule has 1 amide bonds. The lowest BCUT2D eigenvalue weighted by atomic mass is 9.71. The highest BCUT2D eigenvalue weighted by molar-refractivity contribution is 6.30. The molecule has 3 N–H and O–H groups in total. The van der Waals surface area contributed by atoms with Gasteiger partial charge < -0.3 is 20.5 Å². The molecule has 1 unspecified atom stereocenters. The molecule has 0 spiro atoms. The SMILES string of the molecule is CC(C)(C)[C@H]1C([C@@H](OCCN)c2cccc(Cl)c2)CCCN1C(=O)O. The largest absolute Gasteiger partial charge is 0.465 e. The van der Waals surface area contributed by atoms with Crippen molar-refractivity contribution in [2.45, 2.75) is 45.8 Å². The van der Waals surface area contributed by atoms with E-state index in [-0.39, 0.29) is 23.5 Å². The summed E-state index contributed by atoms with van der Waals surface area (Å²) in [6.07, 6.45) is 0.641.